The molecule has 0 saturated carbocycles. The molecule has 8 heteroatoms. The Morgan fingerprint density at radius 1 is 1.24 bits per heavy atom. The lowest BCUT2D eigenvalue weighted by molar-refractivity contribution is -0.385. The van der Waals surface area contributed by atoms with Crippen LogP contribution in [0.1, 0.15) is 5.56 Å². The van der Waals surface area contributed by atoms with Crippen LogP contribution in [0.2, 0.25) is 10.0 Å². The molecule has 5 nitrogen and oxygen atoms in total. The van der Waals surface area contributed by atoms with E-state index in [-0.39, 0.29) is 27.0 Å². The molecule has 21 heavy (non-hydrogen) atoms. The Morgan fingerprint density at radius 3 is 2.38 bits per heavy atom. The lowest BCUT2D eigenvalue weighted by Crippen LogP contribution is -1.97. The van der Waals surface area contributed by atoms with Gasteiger partial charge in [0, 0.05) is 11.8 Å². The zero-order valence-electron chi connectivity index (χ0n) is 10.2. The number of nitro groups is 1. The van der Waals surface area contributed by atoms with Gasteiger partial charge >= 0.3 is 0 Å². The quantitative estimate of drug-likeness (QED) is 0.657. The average Bonchev–Trinajstić information content (AvgIpc) is 2.42. The number of anilines is 2. The Kier molecular flexibility index (Phi) is 4.26. The molecule has 0 aliphatic rings. The molecule has 0 heterocycles. The van der Waals surface area contributed by atoms with Crippen molar-refractivity contribution in [2.75, 3.05) is 5.32 Å². The molecule has 2 rings (SSSR count). The van der Waals surface area contributed by atoms with E-state index in [4.69, 9.17) is 28.5 Å². The van der Waals surface area contributed by atoms with Crippen LogP contribution < -0.4 is 5.32 Å². The molecule has 2 aromatic carbocycles. The number of nitriles is 1. The van der Waals surface area contributed by atoms with Crippen molar-refractivity contribution in [3.05, 3.63) is 61.9 Å². The third-order valence-electron chi connectivity index (χ3n) is 2.59. The third kappa shape index (κ3) is 3.21. The van der Waals surface area contributed by atoms with E-state index < -0.39 is 10.7 Å². The molecule has 0 amide bonds. The summed E-state index contributed by atoms with van der Waals surface area (Å²) in [6, 6.07) is 7.76. The second kappa shape index (κ2) is 5.95. The number of halogens is 3. The topological polar surface area (TPSA) is 79.0 Å². The first-order chi connectivity index (χ1) is 9.92. The Hall–Kier alpha value is -2.36. The van der Waals surface area contributed by atoms with Crippen molar-refractivity contribution < 1.29 is 9.31 Å². The summed E-state index contributed by atoms with van der Waals surface area (Å²) >= 11 is 11.8. The fourth-order valence-corrected chi connectivity index (χ4v) is 2.22. The van der Waals surface area contributed by atoms with Gasteiger partial charge in [-0.15, -0.1) is 0 Å². The molecule has 0 unspecified atom stereocenters. The van der Waals surface area contributed by atoms with Crippen molar-refractivity contribution in [2.45, 2.75) is 0 Å². The SMILES string of the molecule is N#Cc1cc(Nc2c(Cl)cc(F)cc2Cl)ccc1[N+](=O)[O-]. The van der Waals surface area contributed by atoms with Crippen molar-refractivity contribution in [3.8, 4) is 6.07 Å². The highest BCUT2D eigenvalue weighted by atomic mass is 35.5. The Morgan fingerprint density at radius 2 is 1.86 bits per heavy atom. The molecule has 0 radical (unpaired) electrons. The van der Waals surface area contributed by atoms with Gasteiger partial charge in [0.2, 0.25) is 0 Å². The van der Waals surface area contributed by atoms with E-state index in [0.29, 0.717) is 5.69 Å². The second-order valence-electron chi connectivity index (χ2n) is 3.97. The maximum atomic E-state index is 13.1. The zero-order chi connectivity index (χ0) is 15.6. The molecule has 0 fully saturated rings. The summed E-state index contributed by atoms with van der Waals surface area (Å²) < 4.78 is 13.1. The van der Waals surface area contributed by atoms with Gasteiger partial charge in [0.15, 0.2) is 0 Å². The van der Waals surface area contributed by atoms with Gasteiger partial charge < -0.3 is 5.32 Å². The summed E-state index contributed by atoms with van der Waals surface area (Å²) in [5.74, 6) is -0.586. The number of hydrogen-bond donors (Lipinski definition) is 1. The minimum absolute atomic E-state index is 0.0526. The highest BCUT2D eigenvalue weighted by molar-refractivity contribution is 6.39. The number of nitro benzene ring substituents is 1. The molecule has 0 spiro atoms. The molecule has 0 aliphatic heterocycles. The second-order valence-corrected chi connectivity index (χ2v) is 4.78. The maximum Gasteiger partial charge on any atom is 0.287 e. The molecule has 0 aromatic heterocycles. The van der Waals surface area contributed by atoms with Crippen LogP contribution in [-0.2, 0) is 0 Å². The number of nitrogens with zero attached hydrogens (tertiary/aromatic N) is 2. The normalized spacial score (nSPS) is 10.0. The van der Waals surface area contributed by atoms with Gasteiger partial charge in [-0.3, -0.25) is 10.1 Å². The van der Waals surface area contributed by atoms with Crippen LogP contribution in [0.5, 0.6) is 0 Å². The Balaban J connectivity index is 2.42. The largest absolute Gasteiger partial charge is 0.353 e. The lowest BCUT2D eigenvalue weighted by Gasteiger charge is -2.11. The molecule has 0 saturated heterocycles. The van der Waals surface area contributed by atoms with E-state index >= 15 is 0 Å². The van der Waals surface area contributed by atoms with Gasteiger partial charge in [-0.05, 0) is 24.3 Å². The fourth-order valence-electron chi connectivity index (χ4n) is 1.67. The van der Waals surface area contributed by atoms with E-state index in [2.05, 4.69) is 5.32 Å². The van der Waals surface area contributed by atoms with Gasteiger partial charge in [0.05, 0.1) is 20.7 Å². The van der Waals surface area contributed by atoms with Gasteiger partial charge in [0.1, 0.15) is 17.4 Å². The first kappa shape index (κ1) is 15.0. The predicted molar refractivity (Wildman–Crippen MR) is 77.5 cm³/mol. The molecular weight excluding hydrogens is 320 g/mol. The monoisotopic (exact) mass is 325 g/mol. The molecule has 1 N–H and O–H groups in total. The van der Waals surface area contributed by atoms with Gasteiger partial charge in [-0.2, -0.15) is 5.26 Å². The summed E-state index contributed by atoms with van der Waals surface area (Å²) in [6.45, 7) is 0. The smallest absolute Gasteiger partial charge is 0.287 e. The van der Waals surface area contributed by atoms with Gasteiger partial charge in [0.25, 0.3) is 5.69 Å². The van der Waals surface area contributed by atoms with Crippen LogP contribution >= 0.6 is 23.2 Å². The van der Waals surface area contributed by atoms with Crippen LogP contribution in [0.4, 0.5) is 21.5 Å². The number of benzene rings is 2. The van der Waals surface area contributed by atoms with Crippen molar-refractivity contribution in [1.29, 1.82) is 5.26 Å². The van der Waals surface area contributed by atoms with Crippen LogP contribution in [0.25, 0.3) is 0 Å². The standard InChI is InChI=1S/C13H6Cl2FN3O2/c14-10-4-8(16)5-11(15)13(10)18-9-1-2-12(19(20)21)7(3-9)6-17/h1-5,18H. The molecule has 0 bridgehead atoms. The van der Waals surface area contributed by atoms with E-state index in [0.717, 1.165) is 12.1 Å². The zero-order valence-corrected chi connectivity index (χ0v) is 11.7. The van der Waals surface area contributed by atoms with E-state index in [1.165, 1.54) is 18.2 Å². The number of nitrogens with one attached hydrogen (secondary N) is 1. The predicted octanol–water partition coefficient (Wildman–Crippen LogP) is 4.66. The summed E-state index contributed by atoms with van der Waals surface area (Å²) in [4.78, 5) is 10.1. The minimum Gasteiger partial charge on any atom is -0.353 e. The van der Waals surface area contributed by atoms with Crippen LogP contribution in [0.15, 0.2) is 30.3 Å². The average molecular weight is 326 g/mol. The van der Waals surface area contributed by atoms with Gasteiger partial charge in [-0.25, -0.2) is 4.39 Å². The first-order valence-corrected chi connectivity index (χ1v) is 6.28. The van der Waals surface area contributed by atoms with Crippen molar-refractivity contribution in [2.24, 2.45) is 0 Å². The van der Waals surface area contributed by atoms with E-state index in [1.807, 2.05) is 0 Å². The van der Waals surface area contributed by atoms with Crippen molar-refractivity contribution in [1.82, 2.24) is 0 Å². The molecule has 0 atom stereocenters. The Bertz CT molecular complexity index is 751. The summed E-state index contributed by atoms with van der Waals surface area (Å²) in [5.41, 5.74) is 0.198. The van der Waals surface area contributed by atoms with Crippen LogP contribution in [-0.4, -0.2) is 4.92 Å². The summed E-state index contributed by atoms with van der Waals surface area (Å²) in [7, 11) is 0. The lowest BCUT2D eigenvalue weighted by atomic mass is 10.1. The van der Waals surface area contributed by atoms with Crippen molar-refractivity contribution >= 4 is 40.3 Å². The Labute approximate surface area is 128 Å². The molecule has 2 aromatic rings. The summed E-state index contributed by atoms with van der Waals surface area (Å²) in [6.07, 6.45) is 0. The van der Waals surface area contributed by atoms with Gasteiger partial charge in [-0.1, -0.05) is 23.2 Å². The first-order valence-electron chi connectivity index (χ1n) is 5.52. The fraction of sp³-hybridized carbons (Fsp3) is 0. The molecular formula is C13H6Cl2FN3O2. The highest BCUT2D eigenvalue weighted by Gasteiger charge is 2.15. The third-order valence-corrected chi connectivity index (χ3v) is 3.19. The number of hydrogen-bond acceptors (Lipinski definition) is 4. The molecule has 106 valence electrons. The van der Waals surface area contributed by atoms with E-state index in [1.54, 1.807) is 6.07 Å². The minimum atomic E-state index is -0.653. The highest BCUT2D eigenvalue weighted by Crippen LogP contribution is 2.34. The summed E-state index contributed by atoms with van der Waals surface area (Å²) in [5, 5.41) is 22.6. The van der Waals surface area contributed by atoms with Crippen LogP contribution in [0.3, 0.4) is 0 Å². The van der Waals surface area contributed by atoms with E-state index in [9.17, 15) is 14.5 Å². The molecule has 0 aliphatic carbocycles. The number of rotatable bonds is 3. The maximum absolute atomic E-state index is 13.1. The van der Waals surface area contributed by atoms with Crippen molar-refractivity contribution in [3.63, 3.8) is 0 Å². The van der Waals surface area contributed by atoms with Crippen LogP contribution in [0, 0.1) is 27.3 Å².